The summed E-state index contributed by atoms with van der Waals surface area (Å²) in [5.74, 6) is 0.169. The summed E-state index contributed by atoms with van der Waals surface area (Å²) in [7, 11) is 0. The predicted molar refractivity (Wildman–Crippen MR) is 71.7 cm³/mol. The number of thiophene rings is 1. The van der Waals surface area contributed by atoms with Crippen LogP contribution >= 0.6 is 11.3 Å². The summed E-state index contributed by atoms with van der Waals surface area (Å²) >= 11 is 1.51. The van der Waals surface area contributed by atoms with E-state index in [1.54, 1.807) is 6.07 Å². The standard InChI is InChI=1S/C13H18N2O2S/c16-12(15-7-1-2-8-15)4-3-6-14-13(17)11-5-9-18-10-11/h5,9-10H,1-4,6-8H2,(H,14,17). The van der Waals surface area contributed by atoms with Gasteiger partial charge in [0.1, 0.15) is 0 Å². The summed E-state index contributed by atoms with van der Waals surface area (Å²) in [5, 5.41) is 6.53. The summed E-state index contributed by atoms with van der Waals surface area (Å²) in [6.07, 6.45) is 3.50. The number of rotatable bonds is 5. The van der Waals surface area contributed by atoms with Crippen LogP contribution in [0.15, 0.2) is 16.8 Å². The van der Waals surface area contributed by atoms with Crippen molar-refractivity contribution >= 4 is 23.2 Å². The average molecular weight is 266 g/mol. The fraction of sp³-hybridized carbons (Fsp3) is 0.538. The molecule has 1 aliphatic rings. The van der Waals surface area contributed by atoms with Crippen molar-refractivity contribution < 1.29 is 9.59 Å². The summed E-state index contributed by atoms with van der Waals surface area (Å²) < 4.78 is 0. The number of nitrogens with zero attached hydrogens (tertiary/aromatic N) is 1. The van der Waals surface area contributed by atoms with Gasteiger partial charge in [0.05, 0.1) is 0 Å². The zero-order valence-corrected chi connectivity index (χ0v) is 11.2. The van der Waals surface area contributed by atoms with Gasteiger partial charge in [-0.1, -0.05) is 0 Å². The van der Waals surface area contributed by atoms with Gasteiger partial charge in [0, 0.05) is 37.0 Å². The second kappa shape index (κ2) is 6.54. The third-order valence-electron chi connectivity index (χ3n) is 3.10. The van der Waals surface area contributed by atoms with Crippen LogP contribution in [0.25, 0.3) is 0 Å². The lowest BCUT2D eigenvalue weighted by molar-refractivity contribution is -0.130. The van der Waals surface area contributed by atoms with Crippen molar-refractivity contribution in [1.82, 2.24) is 10.2 Å². The van der Waals surface area contributed by atoms with Crippen LogP contribution in [0.2, 0.25) is 0 Å². The second-order valence-corrected chi connectivity index (χ2v) is 5.24. The molecule has 98 valence electrons. The highest BCUT2D eigenvalue weighted by molar-refractivity contribution is 7.08. The SMILES string of the molecule is O=C(NCCCC(=O)N1CCCC1)c1ccsc1. The maximum absolute atomic E-state index is 11.7. The van der Waals surface area contributed by atoms with E-state index in [1.165, 1.54) is 11.3 Å². The van der Waals surface area contributed by atoms with E-state index in [1.807, 2.05) is 15.7 Å². The van der Waals surface area contributed by atoms with E-state index in [0.717, 1.165) is 25.9 Å². The molecular weight excluding hydrogens is 248 g/mol. The number of hydrogen-bond acceptors (Lipinski definition) is 3. The largest absolute Gasteiger partial charge is 0.352 e. The van der Waals surface area contributed by atoms with Crippen molar-refractivity contribution in [2.24, 2.45) is 0 Å². The molecule has 2 heterocycles. The van der Waals surface area contributed by atoms with Crippen LogP contribution < -0.4 is 5.32 Å². The van der Waals surface area contributed by atoms with Gasteiger partial charge < -0.3 is 10.2 Å². The normalized spacial score (nSPS) is 14.8. The highest BCUT2D eigenvalue weighted by Crippen LogP contribution is 2.09. The minimum atomic E-state index is -0.0510. The number of carbonyl (C=O) groups excluding carboxylic acids is 2. The Bertz CT molecular complexity index is 397. The van der Waals surface area contributed by atoms with E-state index in [0.29, 0.717) is 24.9 Å². The fourth-order valence-electron chi connectivity index (χ4n) is 2.06. The number of carbonyl (C=O) groups is 2. The topological polar surface area (TPSA) is 49.4 Å². The van der Waals surface area contributed by atoms with E-state index in [-0.39, 0.29) is 11.8 Å². The Labute approximate surface area is 111 Å². The van der Waals surface area contributed by atoms with Gasteiger partial charge in [-0.15, -0.1) is 0 Å². The molecule has 0 spiro atoms. The molecule has 1 N–H and O–H groups in total. The van der Waals surface area contributed by atoms with E-state index in [2.05, 4.69) is 5.32 Å². The van der Waals surface area contributed by atoms with Crippen LogP contribution in [0.5, 0.6) is 0 Å². The number of hydrogen-bond donors (Lipinski definition) is 1. The molecule has 18 heavy (non-hydrogen) atoms. The van der Waals surface area contributed by atoms with Gasteiger partial charge in [-0.05, 0) is 30.7 Å². The van der Waals surface area contributed by atoms with Crippen molar-refractivity contribution in [3.05, 3.63) is 22.4 Å². The third-order valence-corrected chi connectivity index (χ3v) is 3.78. The van der Waals surface area contributed by atoms with Crippen molar-refractivity contribution in [2.45, 2.75) is 25.7 Å². The molecule has 1 saturated heterocycles. The van der Waals surface area contributed by atoms with Crippen LogP contribution in [-0.2, 0) is 4.79 Å². The quantitative estimate of drug-likeness (QED) is 0.827. The molecule has 0 atom stereocenters. The third kappa shape index (κ3) is 3.57. The second-order valence-electron chi connectivity index (χ2n) is 4.46. The molecule has 2 rings (SSSR count). The monoisotopic (exact) mass is 266 g/mol. The molecule has 1 aromatic rings. The molecule has 0 radical (unpaired) electrons. The first-order valence-corrected chi connectivity index (χ1v) is 7.30. The lowest BCUT2D eigenvalue weighted by atomic mass is 10.2. The van der Waals surface area contributed by atoms with Gasteiger partial charge >= 0.3 is 0 Å². The highest BCUT2D eigenvalue weighted by atomic mass is 32.1. The zero-order chi connectivity index (χ0) is 12.8. The van der Waals surface area contributed by atoms with Gasteiger partial charge in [0.2, 0.25) is 5.91 Å². The van der Waals surface area contributed by atoms with Crippen LogP contribution in [0.4, 0.5) is 0 Å². The zero-order valence-electron chi connectivity index (χ0n) is 10.4. The van der Waals surface area contributed by atoms with E-state index in [9.17, 15) is 9.59 Å². The first kappa shape index (κ1) is 13.1. The molecule has 5 heteroatoms. The molecule has 0 saturated carbocycles. The highest BCUT2D eigenvalue weighted by Gasteiger charge is 2.17. The van der Waals surface area contributed by atoms with Crippen LogP contribution in [0, 0.1) is 0 Å². The fourth-order valence-corrected chi connectivity index (χ4v) is 2.70. The average Bonchev–Trinajstić information content (AvgIpc) is 3.05. The Morgan fingerprint density at radius 1 is 1.33 bits per heavy atom. The molecule has 2 amide bonds. The molecule has 0 aliphatic carbocycles. The molecular formula is C13H18N2O2S. The lowest BCUT2D eigenvalue weighted by Crippen LogP contribution is -2.29. The Balaban J connectivity index is 1.61. The minimum absolute atomic E-state index is 0.0510. The van der Waals surface area contributed by atoms with Crippen LogP contribution in [-0.4, -0.2) is 36.3 Å². The van der Waals surface area contributed by atoms with E-state index < -0.39 is 0 Å². The summed E-state index contributed by atoms with van der Waals surface area (Å²) in [6, 6.07) is 1.80. The molecule has 0 bridgehead atoms. The summed E-state index contributed by atoms with van der Waals surface area (Å²) in [5.41, 5.74) is 0.700. The Morgan fingerprint density at radius 2 is 2.11 bits per heavy atom. The summed E-state index contributed by atoms with van der Waals surface area (Å²) in [6.45, 7) is 2.37. The van der Waals surface area contributed by atoms with Crippen molar-refractivity contribution in [3.63, 3.8) is 0 Å². The Morgan fingerprint density at radius 3 is 2.78 bits per heavy atom. The minimum Gasteiger partial charge on any atom is -0.352 e. The van der Waals surface area contributed by atoms with Crippen molar-refractivity contribution in [2.75, 3.05) is 19.6 Å². The molecule has 1 aromatic heterocycles. The maximum atomic E-state index is 11.7. The van der Waals surface area contributed by atoms with Gasteiger partial charge in [-0.2, -0.15) is 11.3 Å². The number of nitrogens with one attached hydrogen (secondary N) is 1. The first-order valence-electron chi connectivity index (χ1n) is 6.35. The Kier molecular flexibility index (Phi) is 4.75. The number of amides is 2. The first-order chi connectivity index (χ1) is 8.77. The predicted octanol–water partition coefficient (Wildman–Crippen LogP) is 1.88. The smallest absolute Gasteiger partial charge is 0.252 e. The van der Waals surface area contributed by atoms with Gasteiger partial charge in [-0.3, -0.25) is 9.59 Å². The van der Waals surface area contributed by atoms with Crippen molar-refractivity contribution in [1.29, 1.82) is 0 Å². The van der Waals surface area contributed by atoms with Gasteiger partial charge in [0.25, 0.3) is 5.91 Å². The molecule has 1 fully saturated rings. The van der Waals surface area contributed by atoms with Crippen LogP contribution in [0.3, 0.4) is 0 Å². The van der Waals surface area contributed by atoms with Gasteiger partial charge in [-0.25, -0.2) is 0 Å². The molecule has 1 aliphatic heterocycles. The number of likely N-dealkylation sites (tertiary alicyclic amines) is 1. The molecule has 0 unspecified atom stereocenters. The van der Waals surface area contributed by atoms with Crippen LogP contribution in [0.1, 0.15) is 36.0 Å². The van der Waals surface area contributed by atoms with Crippen molar-refractivity contribution in [3.8, 4) is 0 Å². The lowest BCUT2D eigenvalue weighted by Gasteiger charge is -2.14. The molecule has 4 nitrogen and oxygen atoms in total. The van der Waals surface area contributed by atoms with Gasteiger partial charge in [0.15, 0.2) is 0 Å². The Hall–Kier alpha value is -1.36. The summed E-state index contributed by atoms with van der Waals surface area (Å²) in [4.78, 5) is 25.3. The maximum Gasteiger partial charge on any atom is 0.252 e. The van der Waals surface area contributed by atoms with E-state index >= 15 is 0 Å². The van der Waals surface area contributed by atoms with E-state index in [4.69, 9.17) is 0 Å². The molecule has 0 aromatic carbocycles.